The molecule has 0 aromatic heterocycles. The molecule has 0 aliphatic carbocycles. The van der Waals surface area contributed by atoms with E-state index in [-0.39, 0.29) is 0 Å². The Morgan fingerprint density at radius 1 is 1.20 bits per heavy atom. The molecule has 20 heavy (non-hydrogen) atoms. The van der Waals surface area contributed by atoms with Gasteiger partial charge in [0, 0.05) is 21.8 Å². The zero-order valence-corrected chi connectivity index (χ0v) is 13.4. The smallest absolute Gasteiger partial charge is 0.122 e. The molecule has 3 rings (SSSR count). The lowest BCUT2D eigenvalue weighted by atomic mass is 9.87. The first-order valence-corrected chi connectivity index (χ1v) is 8.31. The Morgan fingerprint density at radius 2 is 2.05 bits per heavy atom. The van der Waals surface area contributed by atoms with Gasteiger partial charge in [-0.15, -0.1) is 0 Å². The van der Waals surface area contributed by atoms with Crippen LogP contribution in [0.3, 0.4) is 0 Å². The van der Waals surface area contributed by atoms with Crippen LogP contribution in [0.2, 0.25) is 5.02 Å². The van der Waals surface area contributed by atoms with E-state index in [1.807, 2.05) is 18.2 Å². The molecule has 3 heteroatoms. The number of hydrogen-bond donors (Lipinski definition) is 0. The molecular weight excluding hydrogens is 336 g/mol. The molecule has 0 saturated carbocycles. The number of rotatable bonds is 4. The van der Waals surface area contributed by atoms with Gasteiger partial charge in [0.05, 0.1) is 6.61 Å². The molecular formula is C17H16BrClO. The minimum Gasteiger partial charge on any atom is -0.493 e. The van der Waals surface area contributed by atoms with Gasteiger partial charge in [-0.25, -0.2) is 0 Å². The van der Waals surface area contributed by atoms with Crippen molar-refractivity contribution < 1.29 is 4.74 Å². The Hall–Kier alpha value is -0.990. The van der Waals surface area contributed by atoms with Crippen molar-refractivity contribution >= 4 is 27.5 Å². The minimum absolute atomic E-state index is 0.452. The summed E-state index contributed by atoms with van der Waals surface area (Å²) < 4.78 is 5.77. The van der Waals surface area contributed by atoms with Gasteiger partial charge >= 0.3 is 0 Å². The molecule has 1 aliphatic rings. The third-order valence-electron chi connectivity index (χ3n) is 3.87. The van der Waals surface area contributed by atoms with Crippen LogP contribution in [0.1, 0.15) is 29.4 Å². The summed E-state index contributed by atoms with van der Waals surface area (Å²) in [6.45, 7) is 0.781. The maximum Gasteiger partial charge on any atom is 0.122 e. The molecule has 1 heterocycles. The van der Waals surface area contributed by atoms with Gasteiger partial charge in [-0.3, -0.25) is 0 Å². The Kier molecular flexibility index (Phi) is 4.32. The fourth-order valence-corrected chi connectivity index (χ4v) is 3.65. The van der Waals surface area contributed by atoms with Crippen LogP contribution in [0.4, 0.5) is 0 Å². The first-order valence-electron chi connectivity index (χ1n) is 6.81. The summed E-state index contributed by atoms with van der Waals surface area (Å²) in [6, 6.07) is 16.5. The molecule has 0 saturated heterocycles. The van der Waals surface area contributed by atoms with E-state index in [0.717, 1.165) is 29.1 Å². The van der Waals surface area contributed by atoms with Crippen molar-refractivity contribution in [1.82, 2.24) is 0 Å². The molecule has 1 nitrogen and oxygen atoms in total. The second-order valence-electron chi connectivity index (χ2n) is 5.19. The van der Waals surface area contributed by atoms with Gasteiger partial charge in [0.25, 0.3) is 0 Å². The van der Waals surface area contributed by atoms with Crippen LogP contribution in [0, 0.1) is 0 Å². The SMILES string of the molecule is Clc1cccc(C(CBr)CC2COc3ccccc32)c1. The van der Waals surface area contributed by atoms with Crippen LogP contribution in [-0.2, 0) is 0 Å². The molecule has 2 atom stereocenters. The molecule has 104 valence electrons. The number of para-hydroxylation sites is 1. The summed E-state index contributed by atoms with van der Waals surface area (Å²) >= 11 is 9.74. The zero-order valence-electron chi connectivity index (χ0n) is 11.1. The number of halogens is 2. The predicted octanol–water partition coefficient (Wildman–Crippen LogP) is 5.38. The van der Waals surface area contributed by atoms with Crippen LogP contribution in [0.5, 0.6) is 5.75 Å². The van der Waals surface area contributed by atoms with Crippen LogP contribution < -0.4 is 4.74 Å². The largest absolute Gasteiger partial charge is 0.493 e. The second-order valence-corrected chi connectivity index (χ2v) is 6.27. The van der Waals surface area contributed by atoms with Gasteiger partial charge in [0.2, 0.25) is 0 Å². The molecule has 0 radical (unpaired) electrons. The maximum absolute atomic E-state index is 6.10. The van der Waals surface area contributed by atoms with Gasteiger partial charge in [0.15, 0.2) is 0 Å². The van der Waals surface area contributed by atoms with Gasteiger partial charge in [-0.1, -0.05) is 57.9 Å². The van der Waals surface area contributed by atoms with Crippen molar-refractivity contribution in [2.75, 3.05) is 11.9 Å². The average Bonchev–Trinajstić information content (AvgIpc) is 2.88. The number of benzene rings is 2. The highest BCUT2D eigenvalue weighted by atomic mass is 79.9. The van der Waals surface area contributed by atoms with Crippen molar-refractivity contribution in [3.05, 3.63) is 64.7 Å². The summed E-state index contributed by atoms with van der Waals surface area (Å²) in [6.07, 6.45) is 1.07. The third-order valence-corrected chi connectivity index (χ3v) is 4.89. The second kappa shape index (κ2) is 6.19. The van der Waals surface area contributed by atoms with Gasteiger partial charge in [-0.05, 0) is 36.1 Å². The van der Waals surface area contributed by atoms with Gasteiger partial charge in [0.1, 0.15) is 5.75 Å². The minimum atomic E-state index is 0.452. The van der Waals surface area contributed by atoms with E-state index in [9.17, 15) is 0 Å². The molecule has 2 aromatic carbocycles. The summed E-state index contributed by atoms with van der Waals surface area (Å²) in [5.41, 5.74) is 2.62. The van der Waals surface area contributed by atoms with E-state index >= 15 is 0 Å². The van der Waals surface area contributed by atoms with E-state index in [1.165, 1.54) is 11.1 Å². The van der Waals surface area contributed by atoms with E-state index < -0.39 is 0 Å². The Balaban J connectivity index is 1.80. The first kappa shape index (κ1) is 14.0. The predicted molar refractivity (Wildman–Crippen MR) is 87.3 cm³/mol. The number of alkyl halides is 1. The Bertz CT molecular complexity index is 599. The quantitative estimate of drug-likeness (QED) is 0.672. The van der Waals surface area contributed by atoms with Crippen molar-refractivity contribution in [3.63, 3.8) is 0 Å². The average molecular weight is 352 g/mol. The molecule has 1 aliphatic heterocycles. The zero-order chi connectivity index (χ0) is 13.9. The number of fused-ring (bicyclic) bond motifs is 1. The highest BCUT2D eigenvalue weighted by Gasteiger charge is 2.26. The molecule has 2 unspecified atom stereocenters. The maximum atomic E-state index is 6.10. The molecule has 0 N–H and O–H groups in total. The lowest BCUT2D eigenvalue weighted by Gasteiger charge is -2.18. The standard InChI is InChI=1S/C17H16BrClO/c18-10-13(12-4-3-5-15(19)9-12)8-14-11-20-17-7-2-1-6-16(14)17/h1-7,9,13-14H,8,10-11H2. The lowest BCUT2D eigenvalue weighted by Crippen LogP contribution is -2.09. The van der Waals surface area contributed by atoms with Crippen molar-refractivity contribution in [3.8, 4) is 5.75 Å². The van der Waals surface area contributed by atoms with Crippen LogP contribution >= 0.6 is 27.5 Å². The lowest BCUT2D eigenvalue weighted by molar-refractivity contribution is 0.320. The van der Waals surface area contributed by atoms with E-state index in [2.05, 4.69) is 46.3 Å². The van der Waals surface area contributed by atoms with Crippen molar-refractivity contribution in [1.29, 1.82) is 0 Å². The van der Waals surface area contributed by atoms with Crippen LogP contribution in [0.25, 0.3) is 0 Å². The highest BCUT2D eigenvalue weighted by molar-refractivity contribution is 9.09. The summed E-state index contributed by atoms with van der Waals surface area (Å²) in [5.74, 6) is 1.96. The summed E-state index contributed by atoms with van der Waals surface area (Å²) in [4.78, 5) is 0. The van der Waals surface area contributed by atoms with Gasteiger partial charge < -0.3 is 4.74 Å². The molecule has 0 bridgehead atoms. The topological polar surface area (TPSA) is 9.23 Å². The highest BCUT2D eigenvalue weighted by Crippen LogP contribution is 2.40. The van der Waals surface area contributed by atoms with Crippen LogP contribution in [0.15, 0.2) is 48.5 Å². The fourth-order valence-electron chi connectivity index (χ4n) is 2.82. The van der Waals surface area contributed by atoms with Crippen molar-refractivity contribution in [2.24, 2.45) is 0 Å². The molecule has 0 fully saturated rings. The number of hydrogen-bond acceptors (Lipinski definition) is 1. The monoisotopic (exact) mass is 350 g/mol. The molecule has 2 aromatic rings. The van der Waals surface area contributed by atoms with E-state index in [0.29, 0.717) is 11.8 Å². The Morgan fingerprint density at radius 3 is 2.85 bits per heavy atom. The number of ether oxygens (including phenoxy) is 1. The summed E-state index contributed by atoms with van der Waals surface area (Å²) in [7, 11) is 0. The van der Waals surface area contributed by atoms with Crippen molar-refractivity contribution in [2.45, 2.75) is 18.3 Å². The fraction of sp³-hybridized carbons (Fsp3) is 0.294. The van der Waals surface area contributed by atoms with Crippen LogP contribution in [-0.4, -0.2) is 11.9 Å². The molecule has 0 spiro atoms. The normalized spacial score (nSPS) is 18.4. The third kappa shape index (κ3) is 2.87. The first-order chi connectivity index (χ1) is 9.78. The van der Waals surface area contributed by atoms with E-state index in [1.54, 1.807) is 0 Å². The molecule has 0 amide bonds. The van der Waals surface area contributed by atoms with Gasteiger partial charge in [-0.2, -0.15) is 0 Å². The Labute approximate surface area is 133 Å². The van der Waals surface area contributed by atoms with E-state index in [4.69, 9.17) is 16.3 Å². The summed E-state index contributed by atoms with van der Waals surface area (Å²) in [5, 5.41) is 1.74.